The maximum Gasteiger partial charge on any atom is 0.290 e. The number of rotatable bonds is 6. The minimum atomic E-state index is -0.532. The van der Waals surface area contributed by atoms with E-state index in [0.29, 0.717) is 17.9 Å². The number of fused-ring (bicyclic) bond motifs is 1. The van der Waals surface area contributed by atoms with E-state index in [-0.39, 0.29) is 42.6 Å². The summed E-state index contributed by atoms with van der Waals surface area (Å²) >= 11 is 0. The van der Waals surface area contributed by atoms with Gasteiger partial charge < -0.3 is 19.5 Å². The van der Waals surface area contributed by atoms with Crippen LogP contribution in [0, 0.1) is 5.92 Å². The topological polar surface area (TPSA) is 76.1 Å². The Morgan fingerprint density at radius 2 is 2.07 bits per heavy atom. The number of ketones is 1. The molecule has 3 unspecified atom stereocenters. The number of ether oxygens (including phenoxy) is 2. The van der Waals surface area contributed by atoms with Crippen LogP contribution >= 0.6 is 0 Å². The highest BCUT2D eigenvalue weighted by Gasteiger charge is 2.51. The fourth-order valence-corrected chi connectivity index (χ4v) is 4.57. The Morgan fingerprint density at radius 3 is 2.86 bits per heavy atom. The van der Waals surface area contributed by atoms with E-state index in [1.807, 2.05) is 31.2 Å². The molecule has 4 rings (SSSR count). The molecule has 0 aromatic heterocycles. The monoisotopic (exact) mass is 385 g/mol. The Labute approximate surface area is 165 Å². The number of carbonyl (C=O) groups is 2. The van der Waals surface area contributed by atoms with Gasteiger partial charge in [0.05, 0.1) is 30.7 Å². The van der Waals surface area contributed by atoms with Gasteiger partial charge in [-0.1, -0.05) is 25.5 Å². The first-order valence-electron chi connectivity index (χ1n) is 10.2. The highest BCUT2D eigenvalue weighted by molar-refractivity contribution is 6.11. The summed E-state index contributed by atoms with van der Waals surface area (Å²) in [4.78, 5) is 28.0. The van der Waals surface area contributed by atoms with Crippen LogP contribution in [0.25, 0.3) is 0 Å². The highest BCUT2D eigenvalue weighted by Crippen LogP contribution is 2.46. The number of hydrogen-bond donors (Lipinski definition) is 1. The van der Waals surface area contributed by atoms with E-state index in [1.165, 1.54) is 0 Å². The first-order valence-corrected chi connectivity index (χ1v) is 10.2. The molecule has 0 bridgehead atoms. The van der Waals surface area contributed by atoms with Crippen LogP contribution in [-0.4, -0.2) is 47.6 Å². The molecule has 1 amide bonds. The van der Waals surface area contributed by atoms with Crippen LogP contribution in [0.2, 0.25) is 0 Å². The van der Waals surface area contributed by atoms with Gasteiger partial charge in [0.25, 0.3) is 5.91 Å². The second kappa shape index (κ2) is 7.95. The molecule has 1 aromatic rings. The minimum Gasteiger partial charge on any atom is -0.494 e. The Balaban J connectivity index is 1.74. The highest BCUT2D eigenvalue weighted by atomic mass is 16.5. The van der Waals surface area contributed by atoms with Crippen molar-refractivity contribution in [2.75, 3.05) is 19.8 Å². The van der Waals surface area contributed by atoms with Crippen molar-refractivity contribution in [2.45, 2.75) is 51.2 Å². The molecule has 1 N–H and O–H groups in total. The number of β-amino-alcohol motifs (C(OH)–C–C–N with tert-alkyl or cyclic N) is 1. The third-order valence-corrected chi connectivity index (χ3v) is 5.85. The number of nitrogens with zero attached hydrogens (tertiary/aromatic N) is 1. The summed E-state index contributed by atoms with van der Waals surface area (Å²) in [5, 5.41) is 9.52. The van der Waals surface area contributed by atoms with Gasteiger partial charge in [0.1, 0.15) is 11.9 Å². The molecule has 0 spiro atoms. The normalized spacial score (nSPS) is 26.8. The van der Waals surface area contributed by atoms with E-state index < -0.39 is 6.04 Å². The number of Topliss-reactive ketones (excluding diaryl/α,β-unsaturated/α-hetero) is 1. The van der Waals surface area contributed by atoms with Gasteiger partial charge in [-0.25, -0.2) is 0 Å². The Bertz CT molecular complexity index is 802. The lowest BCUT2D eigenvalue weighted by atomic mass is 9.77. The molecule has 28 heavy (non-hydrogen) atoms. The molecular formula is C22H27NO5. The van der Waals surface area contributed by atoms with Crippen LogP contribution in [0.5, 0.6) is 5.75 Å². The first-order chi connectivity index (χ1) is 13.7. The van der Waals surface area contributed by atoms with Crippen molar-refractivity contribution in [1.82, 2.24) is 4.90 Å². The van der Waals surface area contributed by atoms with Crippen molar-refractivity contribution >= 4 is 11.7 Å². The van der Waals surface area contributed by atoms with Crippen molar-refractivity contribution in [2.24, 2.45) is 5.92 Å². The Morgan fingerprint density at radius 1 is 1.25 bits per heavy atom. The van der Waals surface area contributed by atoms with E-state index in [9.17, 15) is 14.7 Å². The molecule has 150 valence electrons. The molecule has 2 aliphatic heterocycles. The quantitative estimate of drug-likeness (QED) is 0.815. The van der Waals surface area contributed by atoms with Gasteiger partial charge in [-0.05, 0) is 43.4 Å². The molecule has 1 fully saturated rings. The number of hydrogen-bond acceptors (Lipinski definition) is 5. The predicted molar refractivity (Wildman–Crippen MR) is 103 cm³/mol. The third kappa shape index (κ3) is 3.20. The zero-order chi connectivity index (χ0) is 19.7. The molecule has 0 radical (unpaired) electrons. The molecule has 1 saturated carbocycles. The van der Waals surface area contributed by atoms with Gasteiger partial charge in [-0.15, -0.1) is 0 Å². The van der Waals surface area contributed by atoms with E-state index in [4.69, 9.17) is 9.47 Å². The Kier molecular flexibility index (Phi) is 5.40. The number of amides is 1. The minimum absolute atomic E-state index is 0.0321. The molecule has 1 aliphatic carbocycles. The van der Waals surface area contributed by atoms with Crippen LogP contribution in [0.1, 0.15) is 50.6 Å². The van der Waals surface area contributed by atoms with Crippen molar-refractivity contribution in [3.8, 4) is 5.75 Å². The maximum atomic E-state index is 13.4. The van der Waals surface area contributed by atoms with Crippen molar-refractivity contribution in [1.29, 1.82) is 0 Å². The second-order valence-corrected chi connectivity index (χ2v) is 7.70. The van der Waals surface area contributed by atoms with Gasteiger partial charge in [0, 0.05) is 6.54 Å². The third-order valence-electron chi connectivity index (χ3n) is 5.85. The van der Waals surface area contributed by atoms with E-state index in [2.05, 4.69) is 0 Å². The lowest BCUT2D eigenvalue weighted by Gasteiger charge is -2.35. The molecule has 0 saturated heterocycles. The molecule has 6 heteroatoms. The lowest BCUT2D eigenvalue weighted by Crippen LogP contribution is -2.39. The average molecular weight is 385 g/mol. The predicted octanol–water partition coefficient (Wildman–Crippen LogP) is 2.76. The zero-order valence-corrected chi connectivity index (χ0v) is 16.2. The van der Waals surface area contributed by atoms with E-state index in [0.717, 1.165) is 37.7 Å². The number of benzene rings is 1. The van der Waals surface area contributed by atoms with Crippen LogP contribution in [0.4, 0.5) is 0 Å². The average Bonchev–Trinajstić information content (AvgIpc) is 2.99. The van der Waals surface area contributed by atoms with Gasteiger partial charge in [-0.3, -0.25) is 9.59 Å². The largest absolute Gasteiger partial charge is 0.494 e. The Hall–Kier alpha value is -2.34. The summed E-state index contributed by atoms with van der Waals surface area (Å²) in [5.74, 6) is 0.461. The summed E-state index contributed by atoms with van der Waals surface area (Å²) < 4.78 is 11.8. The zero-order valence-electron chi connectivity index (χ0n) is 16.2. The molecular weight excluding hydrogens is 358 g/mol. The lowest BCUT2D eigenvalue weighted by molar-refractivity contribution is -0.135. The molecule has 3 atom stereocenters. The van der Waals surface area contributed by atoms with Crippen molar-refractivity contribution < 1.29 is 24.2 Å². The van der Waals surface area contributed by atoms with Gasteiger partial charge >= 0.3 is 0 Å². The fourth-order valence-electron chi connectivity index (χ4n) is 4.57. The molecule has 6 nitrogen and oxygen atoms in total. The molecule has 1 aromatic carbocycles. The van der Waals surface area contributed by atoms with E-state index >= 15 is 0 Å². The summed E-state index contributed by atoms with van der Waals surface area (Å²) in [7, 11) is 0. The summed E-state index contributed by atoms with van der Waals surface area (Å²) in [6.45, 7) is 2.63. The van der Waals surface area contributed by atoms with Crippen LogP contribution < -0.4 is 4.74 Å². The van der Waals surface area contributed by atoms with Crippen LogP contribution in [0.3, 0.4) is 0 Å². The van der Waals surface area contributed by atoms with Gasteiger partial charge in [-0.2, -0.15) is 0 Å². The fraction of sp³-hybridized carbons (Fsp3) is 0.545. The van der Waals surface area contributed by atoms with E-state index in [1.54, 1.807) is 4.90 Å². The van der Waals surface area contributed by atoms with Crippen LogP contribution in [0.15, 0.2) is 35.6 Å². The van der Waals surface area contributed by atoms with Crippen molar-refractivity contribution in [3.05, 3.63) is 41.2 Å². The smallest absolute Gasteiger partial charge is 0.290 e. The number of aliphatic hydroxyl groups excluding tert-OH is 1. The standard InChI is InChI=1S/C22H27NO5/c1-2-12-27-15-7-5-6-14(13-15)19-18-20(25)16-8-3-4-9-17(16)28-21(18)22(26)23(19)10-11-24/h5-7,13,16-17,19,24H,2-4,8-12H2,1H3. The van der Waals surface area contributed by atoms with Crippen LogP contribution in [-0.2, 0) is 14.3 Å². The SMILES string of the molecule is CCCOc1cccc(C2C3=C(OC4CCCCC4C3=O)C(=O)N2CCO)c1. The van der Waals surface area contributed by atoms with Crippen molar-refractivity contribution in [3.63, 3.8) is 0 Å². The summed E-state index contributed by atoms with van der Waals surface area (Å²) in [6.07, 6.45) is 4.35. The number of carbonyl (C=O) groups excluding carboxylic acids is 2. The number of aliphatic hydroxyl groups is 1. The molecule has 2 heterocycles. The molecule has 3 aliphatic rings. The second-order valence-electron chi connectivity index (χ2n) is 7.70. The van der Waals surface area contributed by atoms with Gasteiger partial charge in [0.15, 0.2) is 11.5 Å². The van der Waals surface area contributed by atoms with Gasteiger partial charge in [0.2, 0.25) is 0 Å². The summed E-state index contributed by atoms with van der Waals surface area (Å²) in [6, 6.07) is 7.00. The summed E-state index contributed by atoms with van der Waals surface area (Å²) in [5.41, 5.74) is 1.26. The maximum absolute atomic E-state index is 13.4. The first kappa shape index (κ1) is 19.0.